The largest absolute Gasteiger partial charge is 0.497 e. The number of amides is 1. The lowest BCUT2D eigenvalue weighted by Crippen LogP contribution is -2.22. The molecule has 0 saturated heterocycles. The Bertz CT molecular complexity index is 1280. The molecule has 0 fully saturated rings. The van der Waals surface area contributed by atoms with Crippen LogP contribution in [0.1, 0.15) is 29.3 Å². The predicted octanol–water partition coefficient (Wildman–Crippen LogP) is 4.80. The quantitative estimate of drug-likeness (QED) is 0.415. The molecule has 0 radical (unpaired) electrons. The average molecular weight is 448 g/mol. The SMILES string of the molecule is COc1cccc(C2=NC(=Cc3csc(N(C(C)=O)c4ccc(C)c(C)c4)n3)C(=O)O2)c1. The molecule has 0 spiro atoms. The van der Waals surface area contributed by atoms with Crippen LogP contribution in [0.2, 0.25) is 0 Å². The van der Waals surface area contributed by atoms with Crippen molar-refractivity contribution in [1.82, 2.24) is 4.98 Å². The fourth-order valence-corrected chi connectivity index (χ4v) is 4.01. The minimum absolute atomic E-state index is 0.139. The smallest absolute Gasteiger partial charge is 0.363 e. The highest BCUT2D eigenvalue weighted by Crippen LogP contribution is 2.31. The third kappa shape index (κ3) is 4.31. The number of esters is 1. The molecule has 3 aromatic rings. The van der Waals surface area contributed by atoms with Gasteiger partial charge in [-0.3, -0.25) is 9.69 Å². The van der Waals surface area contributed by atoms with Crippen LogP contribution < -0.4 is 9.64 Å². The lowest BCUT2D eigenvalue weighted by molar-refractivity contribution is -0.130. The van der Waals surface area contributed by atoms with Crippen LogP contribution in [0.25, 0.3) is 6.08 Å². The molecule has 0 aliphatic carbocycles. The van der Waals surface area contributed by atoms with E-state index in [0.29, 0.717) is 22.1 Å². The van der Waals surface area contributed by atoms with Gasteiger partial charge in [-0.25, -0.2) is 14.8 Å². The Labute approximate surface area is 189 Å². The van der Waals surface area contributed by atoms with Gasteiger partial charge in [-0.05, 0) is 61.4 Å². The zero-order valence-corrected chi connectivity index (χ0v) is 18.9. The summed E-state index contributed by atoms with van der Waals surface area (Å²) in [4.78, 5) is 35.1. The molecule has 1 amide bonds. The van der Waals surface area contributed by atoms with Crippen LogP contribution in [-0.2, 0) is 14.3 Å². The number of carbonyl (C=O) groups is 2. The van der Waals surface area contributed by atoms with E-state index < -0.39 is 5.97 Å². The van der Waals surface area contributed by atoms with Gasteiger partial charge in [0, 0.05) is 17.9 Å². The number of aromatic nitrogens is 1. The minimum atomic E-state index is -0.560. The number of cyclic esters (lactones) is 1. The summed E-state index contributed by atoms with van der Waals surface area (Å²) >= 11 is 1.31. The van der Waals surface area contributed by atoms with Crippen LogP contribution in [0, 0.1) is 13.8 Å². The summed E-state index contributed by atoms with van der Waals surface area (Å²) in [5.74, 6) is 0.130. The first-order valence-corrected chi connectivity index (χ1v) is 10.7. The predicted molar refractivity (Wildman–Crippen MR) is 124 cm³/mol. The minimum Gasteiger partial charge on any atom is -0.497 e. The summed E-state index contributed by atoms with van der Waals surface area (Å²) < 4.78 is 10.5. The molecule has 1 aliphatic rings. The van der Waals surface area contributed by atoms with Crippen LogP contribution >= 0.6 is 11.3 Å². The molecule has 0 unspecified atom stereocenters. The van der Waals surface area contributed by atoms with Crippen LogP contribution in [0.4, 0.5) is 10.8 Å². The maximum Gasteiger partial charge on any atom is 0.363 e. The van der Waals surface area contributed by atoms with E-state index in [0.717, 1.165) is 16.8 Å². The van der Waals surface area contributed by atoms with Crippen molar-refractivity contribution < 1.29 is 19.1 Å². The number of aliphatic imine (C=N–C) groups is 1. The van der Waals surface area contributed by atoms with Gasteiger partial charge >= 0.3 is 5.97 Å². The number of rotatable bonds is 5. The van der Waals surface area contributed by atoms with Gasteiger partial charge in [-0.1, -0.05) is 12.1 Å². The number of carbonyl (C=O) groups excluding carboxylic acids is 2. The van der Waals surface area contributed by atoms with Crippen molar-refractivity contribution in [3.8, 4) is 5.75 Å². The van der Waals surface area contributed by atoms with Gasteiger partial charge in [0.2, 0.25) is 11.8 Å². The number of aryl methyl sites for hydroxylation is 2. The number of hydrogen-bond acceptors (Lipinski definition) is 7. The van der Waals surface area contributed by atoms with Crippen LogP contribution in [0.3, 0.4) is 0 Å². The molecule has 0 N–H and O–H groups in total. The molecule has 4 rings (SSSR count). The molecule has 2 heterocycles. The Hall–Kier alpha value is -3.78. The Balaban J connectivity index is 1.63. The Morgan fingerprint density at radius 2 is 1.97 bits per heavy atom. The molecule has 1 aromatic heterocycles. The Kier molecular flexibility index (Phi) is 5.87. The molecule has 0 atom stereocenters. The number of thiazole rings is 1. The molecule has 1 aliphatic heterocycles. The fraction of sp³-hybridized carbons (Fsp3) is 0.167. The van der Waals surface area contributed by atoms with Crippen molar-refractivity contribution in [3.05, 3.63) is 75.9 Å². The molecule has 32 heavy (non-hydrogen) atoms. The van der Waals surface area contributed by atoms with Gasteiger partial charge in [0.1, 0.15) is 5.75 Å². The van der Waals surface area contributed by atoms with Gasteiger partial charge in [0.05, 0.1) is 18.5 Å². The van der Waals surface area contributed by atoms with E-state index >= 15 is 0 Å². The topological polar surface area (TPSA) is 81.1 Å². The van der Waals surface area contributed by atoms with Crippen LogP contribution in [-0.4, -0.2) is 29.9 Å². The zero-order valence-electron chi connectivity index (χ0n) is 18.1. The fourth-order valence-electron chi connectivity index (χ4n) is 3.17. The van der Waals surface area contributed by atoms with E-state index in [1.165, 1.54) is 18.3 Å². The second-order valence-corrected chi connectivity index (χ2v) is 8.08. The number of hydrogen-bond donors (Lipinski definition) is 0. The summed E-state index contributed by atoms with van der Waals surface area (Å²) in [5.41, 5.74) is 4.26. The first-order chi connectivity index (χ1) is 15.4. The van der Waals surface area contributed by atoms with Crippen molar-refractivity contribution in [2.24, 2.45) is 4.99 Å². The molecule has 0 bridgehead atoms. The van der Waals surface area contributed by atoms with E-state index in [2.05, 4.69) is 9.98 Å². The monoisotopic (exact) mass is 447 g/mol. The third-order valence-corrected chi connectivity index (χ3v) is 5.83. The molecule has 7 nitrogen and oxygen atoms in total. The summed E-state index contributed by atoms with van der Waals surface area (Å²) in [6.07, 6.45) is 1.55. The highest BCUT2D eigenvalue weighted by atomic mass is 32.1. The first-order valence-electron chi connectivity index (χ1n) is 9.86. The second kappa shape index (κ2) is 8.76. The number of anilines is 2. The Morgan fingerprint density at radius 3 is 2.69 bits per heavy atom. The summed E-state index contributed by atoms with van der Waals surface area (Å²) in [7, 11) is 1.56. The van der Waals surface area contributed by atoms with Gasteiger partial charge in [0.15, 0.2) is 10.8 Å². The van der Waals surface area contributed by atoms with Crippen molar-refractivity contribution in [2.75, 3.05) is 12.0 Å². The lowest BCUT2D eigenvalue weighted by atomic mass is 10.1. The van der Waals surface area contributed by atoms with E-state index in [-0.39, 0.29) is 17.5 Å². The highest BCUT2D eigenvalue weighted by Gasteiger charge is 2.25. The summed E-state index contributed by atoms with van der Waals surface area (Å²) in [6, 6.07) is 12.9. The van der Waals surface area contributed by atoms with Crippen LogP contribution in [0.15, 0.2) is 58.5 Å². The van der Waals surface area contributed by atoms with Crippen molar-refractivity contribution in [1.29, 1.82) is 0 Å². The molecular weight excluding hydrogens is 426 g/mol. The average Bonchev–Trinajstić information content (AvgIpc) is 3.37. The molecule has 8 heteroatoms. The molecular formula is C24H21N3O4S. The van der Waals surface area contributed by atoms with E-state index in [1.54, 1.807) is 47.7 Å². The normalized spacial score (nSPS) is 14.3. The number of benzene rings is 2. The van der Waals surface area contributed by atoms with Crippen molar-refractivity contribution in [3.63, 3.8) is 0 Å². The summed E-state index contributed by atoms with van der Waals surface area (Å²) in [5, 5.41) is 2.28. The van der Waals surface area contributed by atoms with Crippen molar-refractivity contribution in [2.45, 2.75) is 20.8 Å². The third-order valence-electron chi connectivity index (χ3n) is 4.99. The molecule has 162 valence electrons. The van der Waals surface area contributed by atoms with Crippen LogP contribution in [0.5, 0.6) is 5.75 Å². The summed E-state index contributed by atoms with van der Waals surface area (Å²) in [6.45, 7) is 5.51. The highest BCUT2D eigenvalue weighted by molar-refractivity contribution is 7.14. The number of methoxy groups -OCH3 is 1. The van der Waals surface area contributed by atoms with Crippen molar-refractivity contribution >= 4 is 46.0 Å². The van der Waals surface area contributed by atoms with E-state index in [4.69, 9.17) is 9.47 Å². The number of nitrogens with zero attached hydrogens (tertiary/aromatic N) is 3. The van der Waals surface area contributed by atoms with E-state index in [9.17, 15) is 9.59 Å². The molecule has 2 aromatic carbocycles. The maximum atomic E-state index is 12.4. The molecule has 0 saturated carbocycles. The van der Waals surface area contributed by atoms with Gasteiger partial charge < -0.3 is 9.47 Å². The Morgan fingerprint density at radius 1 is 1.16 bits per heavy atom. The van der Waals surface area contributed by atoms with E-state index in [1.807, 2.05) is 32.0 Å². The first kappa shape index (κ1) is 21.5. The number of ether oxygens (including phenoxy) is 2. The maximum absolute atomic E-state index is 12.4. The lowest BCUT2D eigenvalue weighted by Gasteiger charge is -2.19. The van der Waals surface area contributed by atoms with Gasteiger partial charge in [0.25, 0.3) is 0 Å². The standard InChI is InChI=1S/C24H21N3O4S/c1-14-8-9-19(10-15(14)2)27(16(3)28)24-25-18(13-32-24)12-21-23(29)31-22(26-21)17-6-5-7-20(11-17)30-4/h5-13H,1-4H3. The second-order valence-electron chi connectivity index (χ2n) is 7.25. The zero-order chi connectivity index (χ0) is 22.8. The van der Waals surface area contributed by atoms with Gasteiger partial charge in [-0.2, -0.15) is 0 Å². The van der Waals surface area contributed by atoms with Gasteiger partial charge in [-0.15, -0.1) is 11.3 Å².